The van der Waals surface area contributed by atoms with Crippen LogP contribution in [0.1, 0.15) is 30.4 Å². The number of benzene rings is 1. The number of nitrogen functional groups attached to an aromatic ring is 1. The Balaban J connectivity index is 1.87. The Kier molecular flexibility index (Phi) is 3.71. The second kappa shape index (κ2) is 5.26. The van der Waals surface area contributed by atoms with Crippen LogP contribution in [0.4, 0.5) is 5.69 Å². The maximum atomic E-state index is 12.7. The molecule has 2 fully saturated rings. The highest BCUT2D eigenvalue weighted by Crippen LogP contribution is 2.39. The van der Waals surface area contributed by atoms with Crippen molar-refractivity contribution in [1.29, 1.82) is 0 Å². The highest BCUT2D eigenvalue weighted by molar-refractivity contribution is 7.89. The standard InChI is InChI=1S/C15H22N2O3S/c1-9-7-12(16)10(2)14(8-9)21(18,19)17-13-5-6-20-15(13)11-3-4-11/h7-8,11,13,15,17H,3-6,16H2,1-2H3. The summed E-state index contributed by atoms with van der Waals surface area (Å²) in [6.45, 7) is 4.22. The zero-order valence-electron chi connectivity index (χ0n) is 12.4. The molecule has 1 aromatic rings. The molecule has 3 rings (SSSR count). The third kappa shape index (κ3) is 2.93. The molecule has 1 saturated carbocycles. The molecule has 0 radical (unpaired) electrons. The molecule has 116 valence electrons. The normalized spacial score (nSPS) is 26.2. The summed E-state index contributed by atoms with van der Waals surface area (Å²) in [6, 6.07) is 3.35. The van der Waals surface area contributed by atoms with Gasteiger partial charge in [-0.05, 0) is 62.3 Å². The number of sulfonamides is 1. The molecule has 3 N–H and O–H groups in total. The average molecular weight is 310 g/mol. The van der Waals surface area contributed by atoms with Gasteiger partial charge in [0.2, 0.25) is 10.0 Å². The molecule has 2 unspecified atom stereocenters. The zero-order valence-corrected chi connectivity index (χ0v) is 13.2. The average Bonchev–Trinajstić information content (AvgIpc) is 3.14. The van der Waals surface area contributed by atoms with Gasteiger partial charge in [-0.3, -0.25) is 0 Å². The largest absolute Gasteiger partial charge is 0.398 e. The van der Waals surface area contributed by atoms with Gasteiger partial charge in [0.15, 0.2) is 0 Å². The first kappa shape index (κ1) is 14.8. The minimum absolute atomic E-state index is 0.0298. The lowest BCUT2D eigenvalue weighted by molar-refractivity contribution is 0.0848. The van der Waals surface area contributed by atoms with E-state index in [1.54, 1.807) is 19.1 Å². The van der Waals surface area contributed by atoms with Gasteiger partial charge in [-0.1, -0.05) is 0 Å². The van der Waals surface area contributed by atoms with Crippen LogP contribution in [0.15, 0.2) is 17.0 Å². The fraction of sp³-hybridized carbons (Fsp3) is 0.600. The predicted molar refractivity (Wildman–Crippen MR) is 81.5 cm³/mol. The van der Waals surface area contributed by atoms with E-state index in [1.807, 2.05) is 6.92 Å². The van der Waals surface area contributed by atoms with Crippen molar-refractivity contribution in [1.82, 2.24) is 4.72 Å². The van der Waals surface area contributed by atoms with E-state index >= 15 is 0 Å². The summed E-state index contributed by atoms with van der Waals surface area (Å²) in [5, 5.41) is 0. The summed E-state index contributed by atoms with van der Waals surface area (Å²) in [7, 11) is -3.57. The molecule has 0 amide bonds. The van der Waals surface area contributed by atoms with Crippen molar-refractivity contribution >= 4 is 15.7 Å². The van der Waals surface area contributed by atoms with Crippen molar-refractivity contribution in [2.45, 2.75) is 50.2 Å². The van der Waals surface area contributed by atoms with E-state index in [4.69, 9.17) is 10.5 Å². The van der Waals surface area contributed by atoms with Crippen molar-refractivity contribution in [3.05, 3.63) is 23.3 Å². The molecule has 1 aromatic carbocycles. The van der Waals surface area contributed by atoms with Crippen LogP contribution in [0.5, 0.6) is 0 Å². The monoisotopic (exact) mass is 310 g/mol. The fourth-order valence-electron chi connectivity index (χ4n) is 3.02. The van der Waals surface area contributed by atoms with Gasteiger partial charge < -0.3 is 10.5 Å². The van der Waals surface area contributed by atoms with Crippen LogP contribution in [0, 0.1) is 19.8 Å². The van der Waals surface area contributed by atoms with Crippen molar-refractivity contribution in [3.8, 4) is 0 Å². The van der Waals surface area contributed by atoms with Crippen LogP contribution in [0.2, 0.25) is 0 Å². The number of aryl methyl sites for hydroxylation is 1. The Morgan fingerprint density at radius 1 is 1.24 bits per heavy atom. The van der Waals surface area contributed by atoms with Gasteiger partial charge in [0.1, 0.15) is 0 Å². The quantitative estimate of drug-likeness (QED) is 0.830. The fourth-order valence-corrected chi connectivity index (χ4v) is 4.66. The maximum Gasteiger partial charge on any atom is 0.241 e. The lowest BCUT2D eigenvalue weighted by Crippen LogP contribution is -2.41. The number of anilines is 1. The van der Waals surface area contributed by atoms with Crippen LogP contribution >= 0.6 is 0 Å². The Hall–Kier alpha value is -1.11. The lowest BCUT2D eigenvalue weighted by atomic mass is 10.1. The van der Waals surface area contributed by atoms with E-state index in [1.165, 1.54) is 0 Å². The zero-order chi connectivity index (χ0) is 15.2. The third-order valence-corrected chi connectivity index (χ3v) is 5.98. The van der Waals surface area contributed by atoms with E-state index in [-0.39, 0.29) is 17.0 Å². The highest BCUT2D eigenvalue weighted by Gasteiger charge is 2.42. The first-order valence-electron chi connectivity index (χ1n) is 7.39. The van der Waals surface area contributed by atoms with E-state index in [0.29, 0.717) is 23.8 Å². The summed E-state index contributed by atoms with van der Waals surface area (Å²) in [6.07, 6.45) is 3.04. The summed E-state index contributed by atoms with van der Waals surface area (Å²) < 4.78 is 33.9. The van der Waals surface area contributed by atoms with E-state index in [2.05, 4.69) is 4.72 Å². The Morgan fingerprint density at radius 3 is 2.62 bits per heavy atom. The smallest absolute Gasteiger partial charge is 0.241 e. The minimum Gasteiger partial charge on any atom is -0.398 e. The van der Waals surface area contributed by atoms with Gasteiger partial charge in [-0.25, -0.2) is 13.1 Å². The number of ether oxygens (including phenoxy) is 1. The predicted octanol–water partition coefficient (Wildman–Crippen LogP) is 1.73. The lowest BCUT2D eigenvalue weighted by Gasteiger charge is -2.20. The maximum absolute atomic E-state index is 12.7. The molecule has 2 atom stereocenters. The molecule has 0 bridgehead atoms. The molecule has 6 heteroatoms. The van der Waals surface area contributed by atoms with Gasteiger partial charge in [-0.2, -0.15) is 0 Å². The summed E-state index contributed by atoms with van der Waals surface area (Å²) in [4.78, 5) is 0.279. The van der Waals surface area contributed by atoms with Crippen molar-refractivity contribution in [2.75, 3.05) is 12.3 Å². The number of hydrogen-bond donors (Lipinski definition) is 2. The van der Waals surface area contributed by atoms with Gasteiger partial charge in [0.05, 0.1) is 17.0 Å². The molecule has 5 nitrogen and oxygen atoms in total. The van der Waals surface area contributed by atoms with Gasteiger partial charge in [0.25, 0.3) is 0 Å². The van der Waals surface area contributed by atoms with Crippen LogP contribution in [-0.4, -0.2) is 27.2 Å². The van der Waals surface area contributed by atoms with E-state index < -0.39 is 10.0 Å². The van der Waals surface area contributed by atoms with Crippen LogP contribution in [0.3, 0.4) is 0 Å². The first-order valence-corrected chi connectivity index (χ1v) is 8.87. The second-order valence-corrected chi connectivity index (χ2v) is 7.85. The van der Waals surface area contributed by atoms with Gasteiger partial charge in [0, 0.05) is 12.3 Å². The van der Waals surface area contributed by atoms with Crippen LogP contribution in [0.25, 0.3) is 0 Å². The Bertz CT molecular complexity index is 653. The van der Waals surface area contributed by atoms with Gasteiger partial charge in [-0.15, -0.1) is 0 Å². The first-order chi connectivity index (χ1) is 9.88. The number of nitrogens with two attached hydrogens (primary N) is 1. The van der Waals surface area contributed by atoms with Crippen molar-refractivity contribution in [3.63, 3.8) is 0 Å². The third-order valence-electron chi connectivity index (χ3n) is 4.36. The summed E-state index contributed by atoms with van der Waals surface area (Å²) in [5.41, 5.74) is 7.86. The molecule has 0 aromatic heterocycles. The van der Waals surface area contributed by atoms with Crippen LogP contribution < -0.4 is 10.5 Å². The molecule has 21 heavy (non-hydrogen) atoms. The van der Waals surface area contributed by atoms with Gasteiger partial charge >= 0.3 is 0 Å². The molecule has 1 aliphatic heterocycles. The Labute approximate surface area is 125 Å². The molecular weight excluding hydrogens is 288 g/mol. The van der Waals surface area contributed by atoms with Crippen LogP contribution in [-0.2, 0) is 14.8 Å². The molecule has 1 saturated heterocycles. The topological polar surface area (TPSA) is 81.4 Å². The summed E-state index contributed by atoms with van der Waals surface area (Å²) in [5.74, 6) is 0.517. The Morgan fingerprint density at radius 2 is 1.95 bits per heavy atom. The van der Waals surface area contributed by atoms with Crippen molar-refractivity contribution < 1.29 is 13.2 Å². The second-order valence-electron chi connectivity index (χ2n) is 6.17. The highest BCUT2D eigenvalue weighted by atomic mass is 32.2. The number of rotatable bonds is 4. The number of nitrogens with one attached hydrogen (secondary N) is 1. The van der Waals surface area contributed by atoms with E-state index in [0.717, 1.165) is 24.8 Å². The minimum atomic E-state index is -3.57. The molecular formula is C15H22N2O3S. The SMILES string of the molecule is Cc1cc(N)c(C)c(S(=O)(=O)NC2CCOC2C2CC2)c1. The molecule has 1 aliphatic carbocycles. The summed E-state index contributed by atoms with van der Waals surface area (Å²) >= 11 is 0. The molecule has 0 spiro atoms. The molecule has 1 heterocycles. The number of hydrogen-bond acceptors (Lipinski definition) is 4. The molecule has 2 aliphatic rings. The van der Waals surface area contributed by atoms with E-state index in [9.17, 15) is 8.42 Å². The van der Waals surface area contributed by atoms with Crippen molar-refractivity contribution in [2.24, 2.45) is 5.92 Å².